The number of aliphatic hydroxyl groups is 1. The van der Waals surface area contributed by atoms with Crippen LogP contribution in [0, 0.1) is 0 Å². The van der Waals surface area contributed by atoms with Gasteiger partial charge in [0, 0.05) is 6.54 Å². The van der Waals surface area contributed by atoms with Gasteiger partial charge in [-0.05, 0) is 33.6 Å². The molecule has 0 aromatic heterocycles. The maximum absolute atomic E-state index is 9.43. The first-order valence-corrected chi connectivity index (χ1v) is 4.70. The second-order valence-electron chi connectivity index (χ2n) is 2.65. The molecule has 0 saturated heterocycles. The fourth-order valence-electron chi connectivity index (χ4n) is 1.03. The lowest BCUT2D eigenvalue weighted by molar-refractivity contribution is 0.186. The highest BCUT2D eigenvalue weighted by Gasteiger charge is 2.07. The second kappa shape index (κ2) is 4.60. The predicted molar refractivity (Wildman–Crippen MR) is 54.7 cm³/mol. The topological polar surface area (TPSA) is 55.5 Å². The summed E-state index contributed by atoms with van der Waals surface area (Å²) in [6, 6.07) is 5.38. The highest BCUT2D eigenvalue weighted by Crippen LogP contribution is 2.27. The van der Waals surface area contributed by atoms with Crippen LogP contribution >= 0.6 is 15.9 Å². The average Bonchev–Trinajstić information content (AvgIpc) is 2.16. The number of hydrogen-bond donors (Lipinski definition) is 2. The molecule has 1 atom stereocenters. The van der Waals surface area contributed by atoms with Crippen LogP contribution in [-0.4, -0.2) is 18.8 Å². The Bertz CT molecular complexity index is 291. The van der Waals surface area contributed by atoms with Crippen LogP contribution < -0.4 is 10.5 Å². The number of ether oxygens (including phenoxy) is 1. The lowest BCUT2D eigenvalue weighted by Crippen LogP contribution is -2.11. The van der Waals surface area contributed by atoms with Crippen LogP contribution in [0.2, 0.25) is 0 Å². The Hall–Kier alpha value is -0.580. The molecule has 0 bridgehead atoms. The Kier molecular flexibility index (Phi) is 3.71. The number of rotatable bonds is 3. The van der Waals surface area contributed by atoms with Gasteiger partial charge in [-0.2, -0.15) is 0 Å². The summed E-state index contributed by atoms with van der Waals surface area (Å²) < 4.78 is 5.87. The van der Waals surface area contributed by atoms with E-state index < -0.39 is 6.10 Å². The van der Waals surface area contributed by atoms with Crippen molar-refractivity contribution in [2.24, 2.45) is 5.73 Å². The summed E-state index contributed by atoms with van der Waals surface area (Å²) in [5, 5.41) is 9.43. The summed E-state index contributed by atoms with van der Waals surface area (Å²) in [6.07, 6.45) is -0.609. The van der Waals surface area contributed by atoms with E-state index in [1.165, 1.54) is 0 Å². The third-order valence-electron chi connectivity index (χ3n) is 1.78. The Morgan fingerprint density at radius 1 is 1.62 bits per heavy atom. The Morgan fingerprint density at radius 2 is 2.31 bits per heavy atom. The van der Waals surface area contributed by atoms with Crippen LogP contribution in [0.1, 0.15) is 11.7 Å². The zero-order valence-corrected chi connectivity index (χ0v) is 8.91. The summed E-state index contributed by atoms with van der Waals surface area (Å²) in [6.45, 7) is 0.221. The molecule has 1 aromatic carbocycles. The summed E-state index contributed by atoms with van der Waals surface area (Å²) in [5.41, 5.74) is 6.12. The quantitative estimate of drug-likeness (QED) is 0.848. The first-order valence-electron chi connectivity index (χ1n) is 3.90. The van der Waals surface area contributed by atoms with Crippen molar-refractivity contribution >= 4 is 15.9 Å². The molecule has 0 spiro atoms. The van der Waals surface area contributed by atoms with Crippen molar-refractivity contribution in [1.82, 2.24) is 0 Å². The van der Waals surface area contributed by atoms with E-state index in [0.29, 0.717) is 0 Å². The van der Waals surface area contributed by atoms with E-state index >= 15 is 0 Å². The first kappa shape index (κ1) is 10.5. The van der Waals surface area contributed by atoms with Crippen LogP contribution in [0.25, 0.3) is 0 Å². The molecule has 72 valence electrons. The highest BCUT2D eigenvalue weighted by atomic mass is 79.9. The fraction of sp³-hybridized carbons (Fsp3) is 0.333. The molecule has 1 rings (SSSR count). The van der Waals surface area contributed by atoms with Crippen molar-refractivity contribution in [3.63, 3.8) is 0 Å². The maximum Gasteiger partial charge on any atom is 0.133 e. The van der Waals surface area contributed by atoms with E-state index in [2.05, 4.69) is 15.9 Å². The van der Waals surface area contributed by atoms with Gasteiger partial charge in [0.15, 0.2) is 0 Å². The smallest absolute Gasteiger partial charge is 0.133 e. The van der Waals surface area contributed by atoms with Crippen LogP contribution in [0.15, 0.2) is 22.7 Å². The molecule has 0 fully saturated rings. The van der Waals surface area contributed by atoms with Gasteiger partial charge in [-0.1, -0.05) is 6.07 Å². The van der Waals surface area contributed by atoms with Crippen LogP contribution in [0.4, 0.5) is 0 Å². The van der Waals surface area contributed by atoms with Gasteiger partial charge in [0.2, 0.25) is 0 Å². The number of methoxy groups -OCH3 is 1. The standard InChI is InChI=1S/C9H12BrNO2/c1-13-9-3-2-6(4-7(9)10)8(12)5-11/h2-4,8,12H,5,11H2,1H3/t8-/m0/s1. The van der Waals surface area contributed by atoms with E-state index in [-0.39, 0.29) is 6.54 Å². The van der Waals surface area contributed by atoms with Crippen molar-refractivity contribution in [1.29, 1.82) is 0 Å². The number of hydrogen-bond acceptors (Lipinski definition) is 3. The Morgan fingerprint density at radius 3 is 2.77 bits per heavy atom. The number of nitrogens with two attached hydrogens (primary N) is 1. The lowest BCUT2D eigenvalue weighted by Gasteiger charge is -2.10. The van der Waals surface area contributed by atoms with Crippen molar-refractivity contribution in [2.45, 2.75) is 6.10 Å². The minimum atomic E-state index is -0.609. The van der Waals surface area contributed by atoms with Gasteiger partial charge in [0.25, 0.3) is 0 Å². The average molecular weight is 246 g/mol. The van der Waals surface area contributed by atoms with Gasteiger partial charge in [-0.3, -0.25) is 0 Å². The van der Waals surface area contributed by atoms with E-state index in [1.54, 1.807) is 25.3 Å². The summed E-state index contributed by atoms with van der Waals surface area (Å²) in [4.78, 5) is 0. The van der Waals surface area contributed by atoms with Gasteiger partial charge < -0.3 is 15.6 Å². The Balaban J connectivity index is 2.95. The van der Waals surface area contributed by atoms with Crippen molar-refractivity contribution in [2.75, 3.05) is 13.7 Å². The molecule has 0 aliphatic carbocycles. The van der Waals surface area contributed by atoms with Gasteiger partial charge >= 0.3 is 0 Å². The molecule has 0 saturated carbocycles. The third kappa shape index (κ3) is 2.43. The summed E-state index contributed by atoms with van der Waals surface area (Å²) >= 11 is 3.33. The molecule has 3 N–H and O–H groups in total. The van der Waals surface area contributed by atoms with E-state index in [9.17, 15) is 5.11 Å². The molecular formula is C9H12BrNO2. The van der Waals surface area contributed by atoms with Crippen LogP contribution in [0.3, 0.4) is 0 Å². The van der Waals surface area contributed by atoms with E-state index in [1.807, 2.05) is 0 Å². The molecule has 13 heavy (non-hydrogen) atoms. The lowest BCUT2D eigenvalue weighted by atomic mass is 10.1. The third-order valence-corrected chi connectivity index (χ3v) is 2.40. The molecule has 0 unspecified atom stereocenters. The minimum Gasteiger partial charge on any atom is -0.496 e. The monoisotopic (exact) mass is 245 g/mol. The van der Waals surface area contributed by atoms with Gasteiger partial charge in [-0.15, -0.1) is 0 Å². The van der Waals surface area contributed by atoms with Crippen molar-refractivity contribution < 1.29 is 9.84 Å². The SMILES string of the molecule is COc1ccc([C@@H](O)CN)cc1Br. The zero-order chi connectivity index (χ0) is 9.84. The first-order chi connectivity index (χ1) is 6.19. The molecule has 0 radical (unpaired) electrons. The molecule has 3 nitrogen and oxygen atoms in total. The predicted octanol–water partition coefficient (Wildman–Crippen LogP) is 1.45. The van der Waals surface area contributed by atoms with Crippen LogP contribution in [-0.2, 0) is 0 Å². The Labute approximate surface area is 85.6 Å². The van der Waals surface area contributed by atoms with Gasteiger partial charge in [0.05, 0.1) is 17.7 Å². The molecule has 4 heteroatoms. The van der Waals surface area contributed by atoms with Crippen molar-refractivity contribution in [3.8, 4) is 5.75 Å². The normalized spacial score (nSPS) is 12.6. The second-order valence-corrected chi connectivity index (χ2v) is 3.50. The maximum atomic E-state index is 9.43. The number of aliphatic hydroxyl groups excluding tert-OH is 1. The molecule has 0 aliphatic rings. The van der Waals surface area contributed by atoms with Crippen molar-refractivity contribution in [3.05, 3.63) is 28.2 Å². The molecule has 0 heterocycles. The summed E-state index contributed by atoms with van der Waals surface area (Å²) in [5.74, 6) is 0.743. The van der Waals surface area contributed by atoms with Gasteiger partial charge in [-0.25, -0.2) is 0 Å². The number of benzene rings is 1. The van der Waals surface area contributed by atoms with E-state index in [0.717, 1.165) is 15.8 Å². The molecule has 0 amide bonds. The highest BCUT2D eigenvalue weighted by molar-refractivity contribution is 9.10. The van der Waals surface area contributed by atoms with Gasteiger partial charge in [0.1, 0.15) is 5.75 Å². The summed E-state index contributed by atoms with van der Waals surface area (Å²) in [7, 11) is 1.60. The fourth-order valence-corrected chi connectivity index (χ4v) is 1.58. The van der Waals surface area contributed by atoms with Crippen LogP contribution in [0.5, 0.6) is 5.75 Å². The molecule has 0 aliphatic heterocycles. The molecule has 1 aromatic rings. The minimum absolute atomic E-state index is 0.221. The molecular weight excluding hydrogens is 234 g/mol. The van der Waals surface area contributed by atoms with E-state index in [4.69, 9.17) is 10.5 Å². The zero-order valence-electron chi connectivity index (χ0n) is 7.33. The largest absolute Gasteiger partial charge is 0.496 e. The number of halogens is 1.